The second-order valence-corrected chi connectivity index (χ2v) is 4.76. The number of rotatable bonds is 3. The SMILES string of the molecule is COP(C)(=O)OC(C)(C)C#N. The third kappa shape index (κ3) is 4.15. The molecule has 0 saturated heterocycles. The predicted octanol–water partition coefficient (Wildman–Crippen LogP) is 1.77. The molecule has 0 aromatic carbocycles. The van der Waals surface area contributed by atoms with Crippen molar-refractivity contribution in [1.82, 2.24) is 0 Å². The van der Waals surface area contributed by atoms with Crippen LogP contribution >= 0.6 is 7.60 Å². The van der Waals surface area contributed by atoms with E-state index in [1.54, 1.807) is 0 Å². The Balaban J connectivity index is 4.29. The van der Waals surface area contributed by atoms with Crippen LogP contribution in [-0.2, 0) is 13.6 Å². The molecule has 0 heterocycles. The molecule has 0 radical (unpaired) electrons. The second kappa shape index (κ2) is 3.36. The molecule has 5 heteroatoms. The van der Waals surface area contributed by atoms with Crippen molar-refractivity contribution in [2.45, 2.75) is 19.4 Å². The number of nitrogens with zero attached hydrogens (tertiary/aromatic N) is 1. The van der Waals surface area contributed by atoms with Crippen molar-refractivity contribution < 1.29 is 13.6 Å². The van der Waals surface area contributed by atoms with E-state index in [0.29, 0.717) is 0 Å². The van der Waals surface area contributed by atoms with Crippen LogP contribution in [0.1, 0.15) is 13.8 Å². The first-order valence-electron chi connectivity index (χ1n) is 3.08. The zero-order chi connectivity index (χ0) is 9.12. The van der Waals surface area contributed by atoms with Crippen molar-refractivity contribution in [3.8, 4) is 6.07 Å². The van der Waals surface area contributed by atoms with E-state index in [1.807, 2.05) is 6.07 Å². The fourth-order valence-corrected chi connectivity index (χ4v) is 1.42. The number of hydrogen-bond donors (Lipinski definition) is 0. The standard InChI is InChI=1S/C6H12NO3P/c1-6(2,5-7)10-11(4,8)9-3/h1-4H3. The average Bonchev–Trinajstić information content (AvgIpc) is 1.86. The third-order valence-corrected chi connectivity index (χ3v) is 2.45. The Morgan fingerprint density at radius 2 is 2.00 bits per heavy atom. The Hall–Kier alpha value is -0.360. The van der Waals surface area contributed by atoms with Gasteiger partial charge < -0.3 is 4.52 Å². The van der Waals surface area contributed by atoms with Crippen molar-refractivity contribution in [1.29, 1.82) is 5.26 Å². The van der Waals surface area contributed by atoms with Gasteiger partial charge in [0, 0.05) is 13.8 Å². The molecule has 1 unspecified atom stereocenters. The van der Waals surface area contributed by atoms with E-state index < -0.39 is 13.2 Å². The van der Waals surface area contributed by atoms with Gasteiger partial charge in [-0.25, -0.2) is 0 Å². The summed E-state index contributed by atoms with van der Waals surface area (Å²) in [5.74, 6) is 0. The van der Waals surface area contributed by atoms with Gasteiger partial charge in [-0.05, 0) is 13.8 Å². The summed E-state index contributed by atoms with van der Waals surface area (Å²) in [6, 6.07) is 1.86. The maximum Gasteiger partial charge on any atom is 0.328 e. The molecule has 64 valence electrons. The van der Waals surface area contributed by atoms with E-state index >= 15 is 0 Å². The first-order valence-corrected chi connectivity index (χ1v) is 5.07. The summed E-state index contributed by atoms with van der Waals surface area (Å²) in [7, 11) is -1.75. The van der Waals surface area contributed by atoms with E-state index in [4.69, 9.17) is 9.79 Å². The molecule has 1 atom stereocenters. The van der Waals surface area contributed by atoms with Crippen molar-refractivity contribution in [2.24, 2.45) is 0 Å². The largest absolute Gasteiger partial charge is 0.328 e. The van der Waals surface area contributed by atoms with Crippen molar-refractivity contribution in [3.05, 3.63) is 0 Å². The summed E-state index contributed by atoms with van der Waals surface area (Å²) in [5.41, 5.74) is -1.06. The highest BCUT2D eigenvalue weighted by molar-refractivity contribution is 7.53. The van der Waals surface area contributed by atoms with Crippen LogP contribution in [0.15, 0.2) is 0 Å². The maximum absolute atomic E-state index is 11.2. The van der Waals surface area contributed by atoms with E-state index in [9.17, 15) is 4.57 Å². The van der Waals surface area contributed by atoms with Gasteiger partial charge in [-0.1, -0.05) is 0 Å². The Morgan fingerprint density at radius 3 is 2.27 bits per heavy atom. The minimum absolute atomic E-state index is 1.06. The molecule has 0 N–H and O–H groups in total. The lowest BCUT2D eigenvalue weighted by Gasteiger charge is -2.20. The Morgan fingerprint density at radius 1 is 1.55 bits per heavy atom. The van der Waals surface area contributed by atoms with Gasteiger partial charge >= 0.3 is 7.60 Å². The third-order valence-electron chi connectivity index (χ3n) is 0.995. The second-order valence-electron chi connectivity index (χ2n) is 2.67. The van der Waals surface area contributed by atoms with Crippen LogP contribution in [0.25, 0.3) is 0 Å². The molecule has 11 heavy (non-hydrogen) atoms. The zero-order valence-corrected chi connectivity index (χ0v) is 8.01. The highest BCUT2D eigenvalue weighted by Gasteiger charge is 2.27. The van der Waals surface area contributed by atoms with Gasteiger partial charge in [0.25, 0.3) is 0 Å². The van der Waals surface area contributed by atoms with Gasteiger partial charge in [-0.3, -0.25) is 9.09 Å². The number of hydrogen-bond acceptors (Lipinski definition) is 4. The maximum atomic E-state index is 11.2. The van der Waals surface area contributed by atoms with Gasteiger partial charge in [-0.2, -0.15) is 5.26 Å². The molecule has 0 saturated carbocycles. The van der Waals surface area contributed by atoms with Crippen LogP contribution in [0.4, 0.5) is 0 Å². The molecule has 0 aromatic rings. The molecule has 0 aliphatic heterocycles. The lowest BCUT2D eigenvalue weighted by Crippen LogP contribution is -2.20. The van der Waals surface area contributed by atoms with Gasteiger partial charge in [0.2, 0.25) is 0 Å². The molecule has 0 aliphatic rings. The van der Waals surface area contributed by atoms with E-state index in [-0.39, 0.29) is 0 Å². The molecule has 0 aliphatic carbocycles. The van der Waals surface area contributed by atoms with Crippen LogP contribution in [0.3, 0.4) is 0 Å². The fourth-order valence-electron chi connectivity index (χ4n) is 0.472. The van der Waals surface area contributed by atoms with Crippen LogP contribution < -0.4 is 0 Å². The molecule has 0 bridgehead atoms. The normalized spacial score (nSPS) is 17.0. The zero-order valence-electron chi connectivity index (χ0n) is 7.12. The van der Waals surface area contributed by atoms with Crippen molar-refractivity contribution in [2.75, 3.05) is 13.8 Å². The van der Waals surface area contributed by atoms with Gasteiger partial charge in [0.1, 0.15) is 0 Å². The van der Waals surface area contributed by atoms with Gasteiger partial charge in [0.05, 0.1) is 6.07 Å². The Bertz CT molecular complexity index is 218. The van der Waals surface area contributed by atoms with Crippen molar-refractivity contribution in [3.63, 3.8) is 0 Å². The summed E-state index contributed by atoms with van der Waals surface area (Å²) in [4.78, 5) is 0. The molecule has 0 aromatic heterocycles. The van der Waals surface area contributed by atoms with E-state index in [1.165, 1.54) is 27.6 Å². The first kappa shape index (κ1) is 10.6. The summed E-state index contributed by atoms with van der Waals surface area (Å²) in [5, 5.41) is 8.50. The van der Waals surface area contributed by atoms with E-state index in [0.717, 1.165) is 0 Å². The highest BCUT2D eigenvalue weighted by atomic mass is 31.2. The molecule has 0 amide bonds. The molecule has 0 spiro atoms. The van der Waals surface area contributed by atoms with Crippen LogP contribution in [-0.4, -0.2) is 19.4 Å². The predicted molar refractivity (Wildman–Crippen MR) is 41.3 cm³/mol. The smallest absolute Gasteiger partial charge is 0.312 e. The lowest BCUT2D eigenvalue weighted by molar-refractivity contribution is 0.138. The monoisotopic (exact) mass is 177 g/mol. The summed E-state index contributed by atoms with van der Waals surface area (Å²) in [6.07, 6.45) is 0. The molecule has 0 fully saturated rings. The average molecular weight is 177 g/mol. The summed E-state index contributed by atoms with van der Waals surface area (Å²) in [6.45, 7) is 4.39. The topological polar surface area (TPSA) is 59.3 Å². The molecule has 0 rings (SSSR count). The lowest BCUT2D eigenvalue weighted by atomic mass is 10.2. The molecule has 4 nitrogen and oxygen atoms in total. The molecular formula is C6H12NO3P. The van der Waals surface area contributed by atoms with Crippen LogP contribution in [0.5, 0.6) is 0 Å². The first-order chi connectivity index (χ1) is 4.83. The highest BCUT2D eigenvalue weighted by Crippen LogP contribution is 2.46. The van der Waals surface area contributed by atoms with Gasteiger partial charge in [0.15, 0.2) is 5.60 Å². The minimum Gasteiger partial charge on any atom is -0.312 e. The number of nitriles is 1. The summed E-state index contributed by atoms with van der Waals surface area (Å²) >= 11 is 0. The summed E-state index contributed by atoms with van der Waals surface area (Å²) < 4.78 is 20.6. The van der Waals surface area contributed by atoms with Crippen LogP contribution in [0, 0.1) is 11.3 Å². The Kier molecular flexibility index (Phi) is 3.25. The van der Waals surface area contributed by atoms with Crippen LogP contribution in [0.2, 0.25) is 0 Å². The quantitative estimate of drug-likeness (QED) is 0.616. The molecular weight excluding hydrogens is 165 g/mol. The Labute approximate surface area is 66.6 Å². The van der Waals surface area contributed by atoms with E-state index in [2.05, 4.69) is 4.52 Å². The minimum atomic E-state index is -3.03. The fraction of sp³-hybridized carbons (Fsp3) is 0.833. The van der Waals surface area contributed by atoms with Crippen molar-refractivity contribution >= 4 is 7.60 Å². The van der Waals surface area contributed by atoms with Gasteiger partial charge in [-0.15, -0.1) is 0 Å².